The average molecular weight is 656 g/mol. The van der Waals surface area contributed by atoms with Crippen LogP contribution in [0.2, 0.25) is 0 Å². The van der Waals surface area contributed by atoms with Gasteiger partial charge in [-0.3, -0.25) is 9.59 Å². The van der Waals surface area contributed by atoms with Crippen molar-refractivity contribution in [1.29, 1.82) is 0 Å². The van der Waals surface area contributed by atoms with Crippen LogP contribution >= 0.6 is 15.9 Å². The molecular weight excluding hydrogens is 630 g/mol. The van der Waals surface area contributed by atoms with Crippen LogP contribution in [0.3, 0.4) is 0 Å². The maximum Gasteiger partial charge on any atom is 0.343 e. The lowest BCUT2D eigenvalue weighted by Crippen LogP contribution is -2.32. The summed E-state index contributed by atoms with van der Waals surface area (Å²) in [7, 11) is 1.44. The second-order valence-corrected chi connectivity index (χ2v) is 10.3. The Bertz CT molecular complexity index is 1770. The summed E-state index contributed by atoms with van der Waals surface area (Å²) < 4.78 is 22.2. The highest BCUT2D eigenvalue weighted by molar-refractivity contribution is 9.10. The summed E-state index contributed by atoms with van der Waals surface area (Å²) in [6.07, 6.45) is 2.89. The van der Waals surface area contributed by atoms with Gasteiger partial charge in [0, 0.05) is 5.56 Å². The first-order valence-electron chi connectivity index (χ1n) is 13.3. The third-order valence-electron chi connectivity index (χ3n) is 6.35. The van der Waals surface area contributed by atoms with Gasteiger partial charge in [0.15, 0.2) is 23.0 Å². The number of carbonyl (C=O) groups excluding carboxylic acids is 3. The minimum Gasteiger partial charge on any atom is -0.493 e. The van der Waals surface area contributed by atoms with E-state index < -0.39 is 17.8 Å². The molecule has 2 amide bonds. The van der Waals surface area contributed by atoms with E-state index in [-0.39, 0.29) is 24.0 Å². The Morgan fingerprint density at radius 3 is 2.39 bits per heavy atom. The monoisotopic (exact) mass is 655 g/mol. The SMILES string of the molecule is COc1cc(C=NNC(=O)C(=Cc2ccc3c(c2)OCO3)NC(=O)c2ccccc2)cc(Br)c1OC(=O)c1ccc(C)cc1. The van der Waals surface area contributed by atoms with Gasteiger partial charge in [0.25, 0.3) is 11.8 Å². The summed E-state index contributed by atoms with van der Waals surface area (Å²) >= 11 is 3.42. The third-order valence-corrected chi connectivity index (χ3v) is 6.94. The number of amides is 2. The van der Waals surface area contributed by atoms with Crippen molar-refractivity contribution in [3.05, 3.63) is 123 Å². The topological polar surface area (TPSA) is 125 Å². The summed E-state index contributed by atoms with van der Waals surface area (Å²) in [6.45, 7) is 2.03. The summed E-state index contributed by atoms with van der Waals surface area (Å²) in [5.41, 5.74) is 5.30. The Balaban J connectivity index is 1.33. The van der Waals surface area contributed by atoms with E-state index >= 15 is 0 Å². The molecule has 0 bridgehead atoms. The number of nitrogens with zero attached hydrogens (tertiary/aromatic N) is 1. The second kappa shape index (κ2) is 13.7. The molecule has 1 aliphatic rings. The minimum absolute atomic E-state index is 0.0491. The van der Waals surface area contributed by atoms with E-state index in [1.165, 1.54) is 19.4 Å². The Morgan fingerprint density at radius 2 is 1.64 bits per heavy atom. The fourth-order valence-corrected chi connectivity index (χ4v) is 4.63. The third kappa shape index (κ3) is 7.31. The van der Waals surface area contributed by atoms with Crippen LogP contribution in [0, 0.1) is 6.92 Å². The van der Waals surface area contributed by atoms with Crippen LogP contribution < -0.4 is 29.7 Å². The Hall–Kier alpha value is -5.42. The quantitative estimate of drug-likeness (QED) is 0.0787. The number of benzene rings is 4. The number of fused-ring (bicyclic) bond motifs is 1. The molecule has 0 radical (unpaired) electrons. The molecule has 222 valence electrons. The average Bonchev–Trinajstić information content (AvgIpc) is 3.50. The lowest BCUT2D eigenvalue weighted by Gasteiger charge is -2.12. The van der Waals surface area contributed by atoms with Crippen LogP contribution in [0.25, 0.3) is 6.08 Å². The first kappa shape index (κ1) is 30.1. The minimum atomic E-state index is -0.669. The van der Waals surface area contributed by atoms with Crippen LogP contribution in [0.4, 0.5) is 0 Å². The summed E-state index contributed by atoms with van der Waals surface area (Å²) in [6, 6.07) is 23.9. The number of hydrazone groups is 1. The molecule has 44 heavy (non-hydrogen) atoms. The molecule has 0 aliphatic carbocycles. The van der Waals surface area contributed by atoms with Crippen LogP contribution in [0.1, 0.15) is 37.4 Å². The molecule has 0 saturated heterocycles. The first-order chi connectivity index (χ1) is 21.3. The molecule has 10 nitrogen and oxygen atoms in total. The van der Waals surface area contributed by atoms with Gasteiger partial charge in [0.2, 0.25) is 6.79 Å². The number of halogens is 1. The van der Waals surface area contributed by atoms with Gasteiger partial charge >= 0.3 is 5.97 Å². The number of rotatable bonds is 9. The highest BCUT2D eigenvalue weighted by Crippen LogP contribution is 2.37. The molecule has 0 aromatic heterocycles. The molecule has 0 atom stereocenters. The number of aryl methyl sites for hydroxylation is 1. The smallest absolute Gasteiger partial charge is 0.343 e. The van der Waals surface area contributed by atoms with E-state index in [0.29, 0.717) is 38.2 Å². The molecule has 1 aliphatic heterocycles. The van der Waals surface area contributed by atoms with E-state index in [1.54, 1.807) is 72.8 Å². The Kier molecular flexibility index (Phi) is 9.36. The first-order valence-corrected chi connectivity index (χ1v) is 14.1. The molecule has 0 saturated carbocycles. The van der Waals surface area contributed by atoms with E-state index in [2.05, 4.69) is 31.8 Å². The summed E-state index contributed by atoms with van der Waals surface area (Å²) in [5.74, 6) is -0.110. The fourth-order valence-electron chi connectivity index (χ4n) is 4.09. The van der Waals surface area contributed by atoms with Gasteiger partial charge in [-0.05, 0) is 88.6 Å². The van der Waals surface area contributed by atoms with Crippen molar-refractivity contribution < 1.29 is 33.3 Å². The summed E-state index contributed by atoms with van der Waals surface area (Å²) in [5, 5.41) is 6.72. The van der Waals surface area contributed by atoms with Gasteiger partial charge in [-0.15, -0.1) is 0 Å². The van der Waals surface area contributed by atoms with Gasteiger partial charge in [-0.2, -0.15) is 5.10 Å². The number of nitrogens with one attached hydrogen (secondary N) is 2. The van der Waals surface area contributed by atoms with Crippen LogP contribution in [0.15, 0.2) is 100 Å². The van der Waals surface area contributed by atoms with Crippen molar-refractivity contribution in [2.45, 2.75) is 6.92 Å². The molecule has 4 aromatic carbocycles. The zero-order valence-corrected chi connectivity index (χ0v) is 25.2. The molecule has 5 rings (SSSR count). The maximum atomic E-state index is 13.2. The lowest BCUT2D eigenvalue weighted by molar-refractivity contribution is -0.117. The van der Waals surface area contributed by atoms with Gasteiger partial charge in [-0.1, -0.05) is 42.0 Å². The largest absolute Gasteiger partial charge is 0.493 e. The lowest BCUT2D eigenvalue weighted by atomic mass is 10.1. The van der Waals surface area contributed by atoms with Crippen molar-refractivity contribution in [2.75, 3.05) is 13.9 Å². The number of hydrogen-bond acceptors (Lipinski definition) is 8. The number of ether oxygens (including phenoxy) is 4. The molecule has 2 N–H and O–H groups in total. The maximum absolute atomic E-state index is 13.2. The number of carbonyl (C=O) groups is 3. The zero-order valence-electron chi connectivity index (χ0n) is 23.6. The van der Waals surface area contributed by atoms with Crippen LogP contribution in [-0.2, 0) is 4.79 Å². The van der Waals surface area contributed by atoms with Crippen molar-refractivity contribution in [3.8, 4) is 23.0 Å². The van der Waals surface area contributed by atoms with E-state index in [4.69, 9.17) is 18.9 Å². The van der Waals surface area contributed by atoms with Crippen molar-refractivity contribution in [3.63, 3.8) is 0 Å². The molecular formula is C33H26BrN3O7. The molecule has 1 heterocycles. The number of hydrogen-bond donors (Lipinski definition) is 2. The number of methoxy groups -OCH3 is 1. The van der Waals surface area contributed by atoms with E-state index in [1.807, 2.05) is 19.1 Å². The van der Waals surface area contributed by atoms with Crippen LogP contribution in [0.5, 0.6) is 23.0 Å². The standard InChI is InChI=1S/C33H26BrN3O7/c1-20-8-11-24(12-9-20)33(40)44-30-25(34)14-22(17-29(30)41-2)18-35-37-32(39)26(36-31(38)23-6-4-3-5-7-23)15-21-10-13-27-28(16-21)43-19-42-27/h3-18H,19H2,1-2H3,(H,36,38)(H,37,39). The van der Waals surface area contributed by atoms with Gasteiger partial charge in [-0.25, -0.2) is 10.2 Å². The predicted molar refractivity (Wildman–Crippen MR) is 167 cm³/mol. The molecule has 0 spiro atoms. The predicted octanol–water partition coefficient (Wildman–Crippen LogP) is 5.64. The normalized spacial score (nSPS) is 12.1. The molecule has 0 unspecified atom stereocenters. The van der Waals surface area contributed by atoms with Crippen molar-refractivity contribution >= 4 is 46.0 Å². The van der Waals surface area contributed by atoms with Crippen molar-refractivity contribution in [2.24, 2.45) is 5.10 Å². The van der Waals surface area contributed by atoms with Crippen LogP contribution in [-0.4, -0.2) is 37.9 Å². The van der Waals surface area contributed by atoms with Crippen molar-refractivity contribution in [1.82, 2.24) is 10.7 Å². The molecule has 0 fully saturated rings. The second-order valence-electron chi connectivity index (χ2n) is 9.48. The van der Waals surface area contributed by atoms with Gasteiger partial charge in [0.05, 0.1) is 23.4 Å². The number of esters is 1. The molecule has 11 heteroatoms. The molecule has 4 aromatic rings. The van der Waals surface area contributed by atoms with Gasteiger partial charge in [0.1, 0.15) is 5.70 Å². The highest BCUT2D eigenvalue weighted by Gasteiger charge is 2.19. The van der Waals surface area contributed by atoms with E-state index in [9.17, 15) is 14.4 Å². The zero-order chi connectivity index (χ0) is 31.1. The Labute approximate surface area is 261 Å². The Morgan fingerprint density at radius 1 is 0.886 bits per heavy atom. The summed E-state index contributed by atoms with van der Waals surface area (Å²) in [4.78, 5) is 38.8. The van der Waals surface area contributed by atoms with Gasteiger partial charge < -0.3 is 24.3 Å². The fraction of sp³-hybridized carbons (Fsp3) is 0.0909. The highest BCUT2D eigenvalue weighted by atomic mass is 79.9. The van der Waals surface area contributed by atoms with E-state index in [0.717, 1.165) is 5.56 Å².